The molecule has 0 saturated heterocycles. The molecule has 1 aromatic carbocycles. The van der Waals surface area contributed by atoms with E-state index in [-0.39, 0.29) is 11.1 Å². The van der Waals surface area contributed by atoms with Crippen molar-refractivity contribution in [2.24, 2.45) is 0 Å². The fourth-order valence-corrected chi connectivity index (χ4v) is 2.12. The molecule has 0 fully saturated rings. The SMILES string of the molecule is Cc1cc(C(=O)O)n(Cc2ccc(C(C)(C)C)cc2)n1. The summed E-state index contributed by atoms with van der Waals surface area (Å²) in [4.78, 5) is 11.2. The van der Waals surface area contributed by atoms with Gasteiger partial charge in [0.25, 0.3) is 0 Å². The molecule has 0 spiro atoms. The van der Waals surface area contributed by atoms with Gasteiger partial charge < -0.3 is 5.11 Å². The van der Waals surface area contributed by atoms with E-state index in [1.54, 1.807) is 13.0 Å². The summed E-state index contributed by atoms with van der Waals surface area (Å²) in [5.41, 5.74) is 3.36. The maximum atomic E-state index is 11.2. The molecule has 106 valence electrons. The van der Waals surface area contributed by atoms with E-state index in [0.717, 1.165) is 5.56 Å². The number of aromatic carboxylic acids is 1. The van der Waals surface area contributed by atoms with E-state index in [1.807, 2.05) is 12.1 Å². The Morgan fingerprint density at radius 1 is 1.25 bits per heavy atom. The van der Waals surface area contributed by atoms with Gasteiger partial charge in [-0.05, 0) is 29.5 Å². The number of aryl methyl sites for hydroxylation is 1. The van der Waals surface area contributed by atoms with Gasteiger partial charge >= 0.3 is 5.97 Å². The van der Waals surface area contributed by atoms with Gasteiger partial charge in [-0.3, -0.25) is 4.68 Å². The molecule has 1 aromatic heterocycles. The predicted octanol–water partition coefficient (Wildman–Crippen LogP) is 3.24. The quantitative estimate of drug-likeness (QED) is 0.933. The van der Waals surface area contributed by atoms with Crippen molar-refractivity contribution >= 4 is 5.97 Å². The zero-order valence-corrected chi connectivity index (χ0v) is 12.3. The van der Waals surface area contributed by atoms with Crippen molar-refractivity contribution in [1.29, 1.82) is 0 Å². The van der Waals surface area contributed by atoms with E-state index in [9.17, 15) is 4.79 Å². The van der Waals surface area contributed by atoms with E-state index < -0.39 is 5.97 Å². The largest absolute Gasteiger partial charge is 0.477 e. The van der Waals surface area contributed by atoms with Gasteiger partial charge in [-0.15, -0.1) is 0 Å². The number of rotatable bonds is 3. The normalized spacial score (nSPS) is 11.6. The standard InChI is InChI=1S/C16H20N2O2/c1-11-9-14(15(19)20)18(17-11)10-12-5-7-13(8-6-12)16(2,3)4/h5-9H,10H2,1-4H3,(H,19,20). The Labute approximate surface area is 119 Å². The third-order valence-corrected chi connectivity index (χ3v) is 3.27. The van der Waals surface area contributed by atoms with E-state index >= 15 is 0 Å². The molecular weight excluding hydrogens is 252 g/mol. The van der Waals surface area contributed by atoms with Crippen LogP contribution in [0.1, 0.15) is 48.1 Å². The molecule has 4 nitrogen and oxygen atoms in total. The molecule has 4 heteroatoms. The molecule has 2 rings (SSSR count). The molecule has 0 aliphatic heterocycles. The first-order valence-electron chi connectivity index (χ1n) is 6.64. The third-order valence-electron chi connectivity index (χ3n) is 3.27. The Hall–Kier alpha value is -2.10. The monoisotopic (exact) mass is 272 g/mol. The maximum Gasteiger partial charge on any atom is 0.354 e. The number of carboxylic acids is 1. The van der Waals surface area contributed by atoms with Crippen LogP contribution in [0, 0.1) is 6.92 Å². The molecule has 0 unspecified atom stereocenters. The minimum absolute atomic E-state index is 0.118. The summed E-state index contributed by atoms with van der Waals surface area (Å²) >= 11 is 0. The van der Waals surface area contributed by atoms with Crippen molar-refractivity contribution in [3.63, 3.8) is 0 Å². The molecule has 0 atom stereocenters. The maximum absolute atomic E-state index is 11.2. The van der Waals surface area contributed by atoms with Crippen LogP contribution in [0.25, 0.3) is 0 Å². The average Bonchev–Trinajstić information content (AvgIpc) is 2.70. The van der Waals surface area contributed by atoms with Crippen molar-refractivity contribution in [2.75, 3.05) is 0 Å². The number of hydrogen-bond acceptors (Lipinski definition) is 2. The van der Waals surface area contributed by atoms with Crippen LogP contribution in [-0.4, -0.2) is 20.9 Å². The first-order valence-corrected chi connectivity index (χ1v) is 6.64. The summed E-state index contributed by atoms with van der Waals surface area (Å²) in [7, 11) is 0. The van der Waals surface area contributed by atoms with Gasteiger partial charge in [-0.25, -0.2) is 4.79 Å². The van der Waals surface area contributed by atoms with E-state index in [1.165, 1.54) is 10.2 Å². The lowest BCUT2D eigenvalue weighted by atomic mass is 9.87. The Morgan fingerprint density at radius 2 is 1.85 bits per heavy atom. The summed E-state index contributed by atoms with van der Waals surface area (Å²) in [6.45, 7) is 8.77. The molecule has 0 bridgehead atoms. The van der Waals surface area contributed by atoms with Crippen molar-refractivity contribution in [2.45, 2.75) is 39.7 Å². The van der Waals surface area contributed by atoms with Crippen LogP contribution in [0.15, 0.2) is 30.3 Å². The second-order valence-corrected chi connectivity index (χ2v) is 6.08. The van der Waals surface area contributed by atoms with Crippen molar-refractivity contribution in [3.05, 3.63) is 52.8 Å². The van der Waals surface area contributed by atoms with E-state index in [0.29, 0.717) is 12.2 Å². The summed E-state index contributed by atoms with van der Waals surface area (Å²) < 4.78 is 1.53. The second-order valence-electron chi connectivity index (χ2n) is 6.08. The number of nitrogens with zero attached hydrogens (tertiary/aromatic N) is 2. The molecule has 0 radical (unpaired) electrons. The molecule has 20 heavy (non-hydrogen) atoms. The summed E-state index contributed by atoms with van der Waals surface area (Å²) in [6, 6.07) is 9.83. The van der Waals surface area contributed by atoms with Crippen LogP contribution in [0.5, 0.6) is 0 Å². The fourth-order valence-electron chi connectivity index (χ4n) is 2.12. The first kappa shape index (κ1) is 14.3. The summed E-state index contributed by atoms with van der Waals surface area (Å²) in [5.74, 6) is -0.947. The topological polar surface area (TPSA) is 55.1 Å². The highest BCUT2D eigenvalue weighted by atomic mass is 16.4. The van der Waals surface area contributed by atoms with Crippen LogP contribution >= 0.6 is 0 Å². The Bertz CT molecular complexity index is 619. The van der Waals surface area contributed by atoms with Gasteiger partial charge in [0.2, 0.25) is 0 Å². The van der Waals surface area contributed by atoms with Crippen LogP contribution in [0.2, 0.25) is 0 Å². The lowest BCUT2D eigenvalue weighted by molar-refractivity contribution is 0.0684. The average molecular weight is 272 g/mol. The number of hydrogen-bond donors (Lipinski definition) is 1. The lowest BCUT2D eigenvalue weighted by Crippen LogP contribution is -2.12. The second kappa shape index (κ2) is 5.12. The Morgan fingerprint density at radius 3 is 2.35 bits per heavy atom. The number of carbonyl (C=O) groups is 1. The minimum atomic E-state index is -0.947. The van der Waals surface area contributed by atoms with Crippen LogP contribution < -0.4 is 0 Å². The molecule has 0 amide bonds. The molecule has 1 N–H and O–H groups in total. The van der Waals surface area contributed by atoms with Crippen LogP contribution in [-0.2, 0) is 12.0 Å². The smallest absolute Gasteiger partial charge is 0.354 e. The van der Waals surface area contributed by atoms with Crippen molar-refractivity contribution in [3.8, 4) is 0 Å². The molecular formula is C16H20N2O2. The van der Waals surface area contributed by atoms with Crippen molar-refractivity contribution in [1.82, 2.24) is 9.78 Å². The minimum Gasteiger partial charge on any atom is -0.477 e. The van der Waals surface area contributed by atoms with Gasteiger partial charge in [-0.1, -0.05) is 45.0 Å². The Kier molecular flexibility index (Phi) is 3.66. The van der Waals surface area contributed by atoms with Gasteiger partial charge in [0.05, 0.1) is 12.2 Å². The predicted molar refractivity (Wildman–Crippen MR) is 78.2 cm³/mol. The van der Waals surface area contributed by atoms with Crippen molar-refractivity contribution < 1.29 is 9.90 Å². The molecule has 0 aliphatic rings. The highest BCUT2D eigenvalue weighted by Crippen LogP contribution is 2.22. The first-order chi connectivity index (χ1) is 9.27. The molecule has 2 aromatic rings. The van der Waals surface area contributed by atoms with Gasteiger partial charge in [0, 0.05) is 0 Å². The van der Waals surface area contributed by atoms with Gasteiger partial charge in [0.1, 0.15) is 5.69 Å². The third kappa shape index (κ3) is 3.07. The zero-order chi connectivity index (χ0) is 14.9. The number of aromatic nitrogens is 2. The number of carboxylic acid groups (broad SMARTS) is 1. The number of benzene rings is 1. The van der Waals surface area contributed by atoms with E-state index in [2.05, 4.69) is 38.0 Å². The van der Waals surface area contributed by atoms with Crippen LogP contribution in [0.4, 0.5) is 0 Å². The van der Waals surface area contributed by atoms with Gasteiger partial charge in [-0.2, -0.15) is 5.10 Å². The zero-order valence-electron chi connectivity index (χ0n) is 12.3. The molecule has 0 saturated carbocycles. The lowest BCUT2D eigenvalue weighted by Gasteiger charge is -2.19. The Balaban J connectivity index is 2.25. The highest BCUT2D eigenvalue weighted by molar-refractivity contribution is 5.85. The van der Waals surface area contributed by atoms with Crippen LogP contribution in [0.3, 0.4) is 0 Å². The van der Waals surface area contributed by atoms with E-state index in [4.69, 9.17) is 5.11 Å². The highest BCUT2D eigenvalue weighted by Gasteiger charge is 2.15. The molecule has 0 aliphatic carbocycles. The van der Waals surface area contributed by atoms with Gasteiger partial charge in [0.15, 0.2) is 0 Å². The molecule has 1 heterocycles. The fraction of sp³-hybridized carbons (Fsp3) is 0.375. The summed E-state index contributed by atoms with van der Waals surface area (Å²) in [5, 5.41) is 13.4. The summed E-state index contributed by atoms with van der Waals surface area (Å²) in [6.07, 6.45) is 0.